The van der Waals surface area contributed by atoms with Crippen molar-refractivity contribution in [2.45, 2.75) is 143 Å². The monoisotopic (exact) mass is 1190 g/mol. The first-order valence-corrected chi connectivity index (χ1v) is 33.4. The van der Waals surface area contributed by atoms with Gasteiger partial charge >= 0.3 is 12.0 Å². The Hall–Kier alpha value is -6.75. The molecule has 0 amide bonds. The topological polar surface area (TPSA) is 169 Å². The summed E-state index contributed by atoms with van der Waals surface area (Å²) in [6, 6.07) is 23.7. The molecule has 0 spiro atoms. The minimum absolute atomic E-state index is 0.109. The summed E-state index contributed by atoms with van der Waals surface area (Å²) in [5.41, 5.74) is 6.64. The van der Waals surface area contributed by atoms with Crippen LogP contribution in [-0.2, 0) is 35.0 Å². The zero-order chi connectivity index (χ0) is 61.5. The van der Waals surface area contributed by atoms with Crippen molar-refractivity contribution in [2.75, 3.05) is 93.1 Å². The fourth-order valence-electron chi connectivity index (χ4n) is 12.4. The van der Waals surface area contributed by atoms with Gasteiger partial charge in [0.2, 0.25) is 0 Å². The van der Waals surface area contributed by atoms with Crippen LogP contribution in [0.25, 0.3) is 11.0 Å². The molecule has 0 atom stereocenters. The Morgan fingerprint density at radius 2 is 0.560 bits per heavy atom. The first kappa shape index (κ1) is 66.4. The fourth-order valence-corrected chi connectivity index (χ4v) is 23.3. The fraction of sp³-hybridized carbons (Fsp3) is 0.531. The van der Waals surface area contributed by atoms with Gasteiger partial charge in [-0.25, -0.2) is 0 Å². The van der Waals surface area contributed by atoms with Crippen LogP contribution in [0, 0.1) is 0 Å². The van der Waals surface area contributed by atoms with Crippen LogP contribution in [-0.4, -0.2) is 120 Å². The Kier molecular flexibility index (Phi) is 24.0. The first-order valence-electron chi connectivity index (χ1n) is 29.1. The summed E-state index contributed by atoms with van der Waals surface area (Å²) in [5.74, 6) is 5.58. The summed E-state index contributed by atoms with van der Waals surface area (Å²) in [4.78, 5) is 25.6. The predicted octanol–water partition coefficient (Wildman–Crippen LogP) is 14.0. The maximum absolute atomic E-state index is 7.04. The van der Waals surface area contributed by atoms with Crippen LogP contribution < -0.4 is 57.2 Å². The van der Waals surface area contributed by atoms with Gasteiger partial charge in [-0.3, -0.25) is 0 Å². The number of benzene rings is 4. The van der Waals surface area contributed by atoms with E-state index in [1.165, 1.54) is 0 Å². The zero-order valence-corrected chi connectivity index (χ0v) is 55.6. The average molecular weight is 1200 g/mol. The molecule has 460 valence electrons. The van der Waals surface area contributed by atoms with Gasteiger partial charge in [0.05, 0.1) is 70.1 Å². The maximum atomic E-state index is 7.04. The van der Waals surface area contributed by atoms with Crippen LogP contribution >= 0.6 is 0 Å². The summed E-state index contributed by atoms with van der Waals surface area (Å²) < 4.78 is 73.8. The smallest absolute Gasteiger partial charge is 0.319 e. The Balaban J connectivity index is 1.68. The standard InChI is InChI=1S/C64H94N6O12Si2/c1-41(2)83(42(3)4,43(5)6)81-31-29-79-63-65-59-60(61(67-63)69(37-47-21-25-51(71-13)55(33-47)75-17)38-48-22-26-52(72-14)56(34-48)76-18)66-64(80-30-32-82-84(44(7)8,45(9)10)46(11)12)68-62(59)70(39-49-23-27-53(73-15)57(35-49)77-19)40-50-24-28-54(74-16)58(36-50)78-20/h21-28,33-36,41-46H,29-32,37-40H2,1-20H3. The molecule has 0 fully saturated rings. The van der Waals surface area contributed by atoms with Crippen molar-refractivity contribution in [1.29, 1.82) is 0 Å². The largest absolute Gasteiger partial charge is 0.493 e. The third-order valence-corrected chi connectivity index (χ3v) is 28.3. The highest BCUT2D eigenvalue weighted by atomic mass is 28.4. The lowest BCUT2D eigenvalue weighted by Gasteiger charge is -2.42. The van der Waals surface area contributed by atoms with Gasteiger partial charge in [0.1, 0.15) is 24.2 Å². The summed E-state index contributed by atoms with van der Waals surface area (Å²) in [6.45, 7) is 29.6. The molecular formula is C64H94N6O12Si2. The highest BCUT2D eigenvalue weighted by molar-refractivity contribution is 6.78. The highest BCUT2D eigenvalue weighted by Crippen LogP contribution is 2.44. The third kappa shape index (κ3) is 15.2. The molecule has 6 aromatic rings. The van der Waals surface area contributed by atoms with E-state index in [1.54, 1.807) is 56.9 Å². The van der Waals surface area contributed by atoms with Gasteiger partial charge in [-0.05, 0) is 104 Å². The average Bonchev–Trinajstić information content (AvgIpc) is 1.69. The van der Waals surface area contributed by atoms with Gasteiger partial charge in [-0.1, -0.05) is 107 Å². The van der Waals surface area contributed by atoms with Crippen LogP contribution in [0.2, 0.25) is 33.2 Å². The Bertz CT molecular complexity index is 2710. The molecule has 0 bridgehead atoms. The molecule has 0 aliphatic rings. The molecule has 20 heteroatoms. The molecule has 2 aromatic heterocycles. The number of hydrogen-bond donors (Lipinski definition) is 0. The van der Waals surface area contributed by atoms with Gasteiger partial charge in [0, 0.05) is 26.2 Å². The van der Waals surface area contributed by atoms with E-state index in [1.807, 2.05) is 72.8 Å². The van der Waals surface area contributed by atoms with Crippen molar-refractivity contribution >= 4 is 39.3 Å². The third-order valence-electron chi connectivity index (χ3n) is 16.1. The maximum Gasteiger partial charge on any atom is 0.319 e. The van der Waals surface area contributed by atoms with Crippen molar-refractivity contribution in [2.24, 2.45) is 0 Å². The molecule has 0 radical (unpaired) electrons. The van der Waals surface area contributed by atoms with E-state index in [0.29, 0.717) is 141 Å². The number of anilines is 2. The van der Waals surface area contributed by atoms with E-state index in [0.717, 1.165) is 22.3 Å². The summed E-state index contributed by atoms with van der Waals surface area (Å²) >= 11 is 0. The van der Waals surface area contributed by atoms with Gasteiger partial charge in [-0.2, -0.15) is 19.9 Å². The van der Waals surface area contributed by atoms with E-state index < -0.39 is 16.6 Å². The van der Waals surface area contributed by atoms with Crippen LogP contribution in [0.5, 0.6) is 58.0 Å². The van der Waals surface area contributed by atoms with E-state index in [4.69, 9.17) is 76.2 Å². The molecule has 0 saturated heterocycles. The number of nitrogens with zero attached hydrogens (tertiary/aromatic N) is 6. The molecule has 0 aliphatic carbocycles. The van der Waals surface area contributed by atoms with Gasteiger partial charge in [0.15, 0.2) is 74.3 Å². The lowest BCUT2D eigenvalue weighted by atomic mass is 10.1. The molecule has 6 rings (SSSR count). The molecule has 0 unspecified atom stereocenters. The SMILES string of the molecule is COc1ccc(CN(Cc2ccc(OC)c(OC)c2)c2nc(OCCO[Si](C(C)C)(C(C)C)C(C)C)nc3c(N(Cc4ccc(OC)c(OC)c4)Cc4ccc(OC)c(OC)c4)nc(OCCO[Si](C(C)C)(C(C)C)C(C)C)nc23)cc1OC. The van der Waals surface area contributed by atoms with Crippen molar-refractivity contribution in [1.82, 2.24) is 19.9 Å². The van der Waals surface area contributed by atoms with Crippen LogP contribution in [0.1, 0.15) is 105 Å². The van der Waals surface area contributed by atoms with Gasteiger partial charge < -0.3 is 66.0 Å². The summed E-state index contributed by atoms with van der Waals surface area (Å²) in [6.07, 6.45) is 0. The summed E-state index contributed by atoms with van der Waals surface area (Å²) in [7, 11) is 8.44. The van der Waals surface area contributed by atoms with E-state index >= 15 is 0 Å². The first-order chi connectivity index (χ1) is 40.2. The van der Waals surface area contributed by atoms with Crippen LogP contribution in [0.3, 0.4) is 0 Å². The van der Waals surface area contributed by atoms with E-state index in [2.05, 4.69) is 92.9 Å². The molecule has 18 nitrogen and oxygen atoms in total. The quantitative estimate of drug-likeness (QED) is 0.0276. The molecule has 4 aromatic carbocycles. The van der Waals surface area contributed by atoms with Crippen molar-refractivity contribution < 1.29 is 56.2 Å². The number of aromatic nitrogens is 4. The van der Waals surface area contributed by atoms with Crippen molar-refractivity contribution in [3.8, 4) is 58.0 Å². The minimum Gasteiger partial charge on any atom is -0.493 e. The lowest BCUT2D eigenvalue weighted by molar-refractivity contribution is 0.189. The van der Waals surface area contributed by atoms with Crippen LogP contribution in [0.4, 0.5) is 11.6 Å². The van der Waals surface area contributed by atoms with Gasteiger partial charge in [0.25, 0.3) is 0 Å². The molecule has 84 heavy (non-hydrogen) atoms. The normalized spacial score (nSPS) is 12.0. The second-order valence-electron chi connectivity index (χ2n) is 22.9. The van der Waals surface area contributed by atoms with Crippen molar-refractivity contribution in [3.05, 3.63) is 95.1 Å². The number of fused-ring (bicyclic) bond motifs is 1. The Morgan fingerprint density at radius 3 is 0.774 bits per heavy atom. The number of methoxy groups -OCH3 is 8. The molecule has 0 aliphatic heterocycles. The van der Waals surface area contributed by atoms with Crippen LogP contribution in [0.15, 0.2) is 72.8 Å². The zero-order valence-electron chi connectivity index (χ0n) is 53.6. The number of hydrogen-bond acceptors (Lipinski definition) is 18. The second-order valence-corrected chi connectivity index (χ2v) is 33.8. The number of rotatable bonds is 34. The predicted molar refractivity (Wildman–Crippen MR) is 338 cm³/mol. The van der Waals surface area contributed by atoms with E-state index in [9.17, 15) is 0 Å². The Morgan fingerprint density at radius 1 is 0.321 bits per heavy atom. The molecule has 0 saturated carbocycles. The lowest BCUT2D eigenvalue weighted by Crippen LogP contribution is -2.48. The van der Waals surface area contributed by atoms with Crippen molar-refractivity contribution in [3.63, 3.8) is 0 Å². The number of ether oxygens (including phenoxy) is 10. The molecular weight excluding hydrogens is 1100 g/mol. The van der Waals surface area contributed by atoms with E-state index in [-0.39, 0.29) is 25.2 Å². The molecule has 0 N–H and O–H groups in total. The second kappa shape index (κ2) is 30.4. The summed E-state index contributed by atoms with van der Waals surface area (Å²) in [5, 5.41) is 0. The highest BCUT2D eigenvalue weighted by Gasteiger charge is 2.46. The Labute approximate surface area is 502 Å². The molecule has 2 heterocycles. The van der Waals surface area contributed by atoms with Gasteiger partial charge in [-0.15, -0.1) is 0 Å². The minimum atomic E-state index is -2.28.